The van der Waals surface area contributed by atoms with Crippen LogP contribution in [0.2, 0.25) is 0 Å². The van der Waals surface area contributed by atoms with Crippen molar-refractivity contribution < 1.29 is 9.84 Å². The Morgan fingerprint density at radius 2 is 2.56 bits per heavy atom. The van der Waals surface area contributed by atoms with E-state index in [1.807, 2.05) is 0 Å². The second-order valence-electron chi connectivity index (χ2n) is 4.38. The molecule has 4 heteroatoms. The zero-order valence-electron chi connectivity index (χ0n) is 9.56. The fourth-order valence-electron chi connectivity index (χ4n) is 1.96. The highest BCUT2D eigenvalue weighted by atomic mass is 32.1. The maximum Gasteiger partial charge on any atom is 0.0715 e. The van der Waals surface area contributed by atoms with Gasteiger partial charge >= 0.3 is 0 Å². The van der Waals surface area contributed by atoms with Gasteiger partial charge in [-0.1, -0.05) is 0 Å². The topological polar surface area (TPSA) is 41.5 Å². The van der Waals surface area contributed by atoms with Crippen LogP contribution in [0.4, 0.5) is 0 Å². The summed E-state index contributed by atoms with van der Waals surface area (Å²) < 4.78 is 5.27. The van der Waals surface area contributed by atoms with Gasteiger partial charge in [0.1, 0.15) is 0 Å². The average Bonchev–Trinajstić information content (AvgIpc) is 2.95. The van der Waals surface area contributed by atoms with E-state index in [0.717, 1.165) is 13.0 Å². The van der Waals surface area contributed by atoms with Crippen LogP contribution < -0.4 is 5.32 Å². The number of hydrogen-bond donors (Lipinski definition) is 2. The third-order valence-electron chi connectivity index (χ3n) is 3.19. The van der Waals surface area contributed by atoms with Gasteiger partial charge in [-0.25, -0.2) is 0 Å². The second kappa shape index (κ2) is 5.77. The summed E-state index contributed by atoms with van der Waals surface area (Å²) in [6, 6.07) is 2.43. The lowest BCUT2D eigenvalue weighted by molar-refractivity contribution is 0.0888. The van der Waals surface area contributed by atoms with Gasteiger partial charge in [0.25, 0.3) is 0 Å². The van der Waals surface area contributed by atoms with Gasteiger partial charge in [0, 0.05) is 25.1 Å². The lowest BCUT2D eigenvalue weighted by atomic mass is 10.0. The second-order valence-corrected chi connectivity index (χ2v) is 5.16. The Balaban J connectivity index is 1.74. The smallest absolute Gasteiger partial charge is 0.0715 e. The van der Waals surface area contributed by atoms with Crippen molar-refractivity contribution in [3.05, 3.63) is 22.4 Å². The maximum absolute atomic E-state index is 9.96. The van der Waals surface area contributed by atoms with Crippen LogP contribution in [0.5, 0.6) is 0 Å². The average molecular weight is 241 g/mol. The van der Waals surface area contributed by atoms with Crippen molar-refractivity contribution in [3.8, 4) is 0 Å². The van der Waals surface area contributed by atoms with Crippen LogP contribution in [0.1, 0.15) is 24.9 Å². The first-order valence-corrected chi connectivity index (χ1v) is 6.73. The van der Waals surface area contributed by atoms with Gasteiger partial charge in [-0.05, 0) is 35.7 Å². The minimum atomic E-state index is -0.288. The predicted octanol–water partition coefficient (Wildman–Crippen LogP) is 1.80. The van der Waals surface area contributed by atoms with Gasteiger partial charge in [0.15, 0.2) is 0 Å². The molecular formula is C12H19NO2S. The van der Waals surface area contributed by atoms with Crippen LogP contribution in [0, 0.1) is 5.92 Å². The van der Waals surface area contributed by atoms with Crippen molar-refractivity contribution in [2.75, 3.05) is 19.8 Å². The summed E-state index contributed by atoms with van der Waals surface area (Å²) in [6.45, 7) is 4.27. The first-order valence-electron chi connectivity index (χ1n) is 5.78. The molecule has 1 aliphatic heterocycles. The highest BCUT2D eigenvalue weighted by molar-refractivity contribution is 7.07. The van der Waals surface area contributed by atoms with Crippen LogP contribution in [-0.4, -0.2) is 31.0 Å². The lowest BCUT2D eigenvalue weighted by Gasteiger charge is -2.20. The molecule has 3 nitrogen and oxygen atoms in total. The van der Waals surface area contributed by atoms with Crippen molar-refractivity contribution in [1.82, 2.24) is 5.32 Å². The minimum Gasteiger partial charge on any atom is -0.391 e. The highest BCUT2D eigenvalue weighted by Crippen LogP contribution is 2.18. The molecule has 0 aromatic carbocycles. The predicted molar refractivity (Wildman–Crippen MR) is 65.7 cm³/mol. The third-order valence-corrected chi connectivity index (χ3v) is 3.89. The third kappa shape index (κ3) is 3.04. The molecule has 90 valence electrons. The van der Waals surface area contributed by atoms with Crippen LogP contribution in [0.25, 0.3) is 0 Å². The van der Waals surface area contributed by atoms with Gasteiger partial charge in [-0.15, -0.1) is 0 Å². The van der Waals surface area contributed by atoms with Gasteiger partial charge in [-0.3, -0.25) is 0 Å². The summed E-state index contributed by atoms with van der Waals surface area (Å²) >= 11 is 1.70. The normalized spacial score (nSPS) is 24.5. The van der Waals surface area contributed by atoms with Crippen LogP contribution in [0.15, 0.2) is 16.8 Å². The minimum absolute atomic E-state index is 0.288. The van der Waals surface area contributed by atoms with E-state index in [2.05, 4.69) is 29.1 Å². The van der Waals surface area contributed by atoms with Crippen molar-refractivity contribution in [2.24, 2.45) is 5.92 Å². The van der Waals surface area contributed by atoms with E-state index in [-0.39, 0.29) is 6.10 Å². The summed E-state index contributed by atoms with van der Waals surface area (Å²) in [5.74, 6) is 0.308. The molecule has 2 heterocycles. The summed E-state index contributed by atoms with van der Waals surface area (Å²) in [6.07, 6.45) is 0.693. The highest BCUT2D eigenvalue weighted by Gasteiger charge is 2.24. The summed E-state index contributed by atoms with van der Waals surface area (Å²) in [7, 11) is 0. The molecule has 1 aromatic heterocycles. The Kier molecular flexibility index (Phi) is 4.35. The van der Waals surface area contributed by atoms with Crippen molar-refractivity contribution >= 4 is 11.3 Å². The molecule has 1 aromatic rings. The molecule has 0 aliphatic carbocycles. The molecule has 1 aliphatic rings. The van der Waals surface area contributed by atoms with Gasteiger partial charge in [0.2, 0.25) is 0 Å². The molecule has 2 rings (SSSR count). The molecule has 16 heavy (non-hydrogen) atoms. The quantitative estimate of drug-likeness (QED) is 0.826. The molecule has 0 amide bonds. The molecule has 0 spiro atoms. The summed E-state index contributed by atoms with van der Waals surface area (Å²) in [4.78, 5) is 0. The summed E-state index contributed by atoms with van der Waals surface area (Å²) in [5.41, 5.74) is 1.29. The van der Waals surface area contributed by atoms with E-state index in [1.165, 1.54) is 5.56 Å². The lowest BCUT2D eigenvalue weighted by Crippen LogP contribution is -2.34. The van der Waals surface area contributed by atoms with E-state index < -0.39 is 0 Å². The number of nitrogens with one attached hydrogen (secondary N) is 1. The Morgan fingerprint density at radius 3 is 3.19 bits per heavy atom. The largest absolute Gasteiger partial charge is 0.391 e. The summed E-state index contributed by atoms with van der Waals surface area (Å²) in [5, 5.41) is 17.5. The standard InChI is InChI=1S/C12H19NO2S/c1-9(11-3-5-16-8-11)13-6-12(14)10-2-4-15-7-10/h3,5,8-10,12-14H,2,4,6-7H2,1H3. The first kappa shape index (κ1) is 12.0. The van der Waals surface area contributed by atoms with Gasteiger partial charge in [-0.2, -0.15) is 11.3 Å². The van der Waals surface area contributed by atoms with E-state index in [4.69, 9.17) is 4.74 Å². The fraction of sp³-hybridized carbons (Fsp3) is 0.667. The molecule has 1 fully saturated rings. The molecule has 0 bridgehead atoms. The Bertz CT molecular complexity index is 296. The Labute approximate surface area is 100 Å². The molecule has 1 saturated heterocycles. The Morgan fingerprint density at radius 1 is 1.69 bits per heavy atom. The van der Waals surface area contributed by atoms with E-state index in [0.29, 0.717) is 25.1 Å². The fourth-order valence-corrected chi connectivity index (χ4v) is 2.71. The molecular weight excluding hydrogens is 222 g/mol. The van der Waals surface area contributed by atoms with E-state index >= 15 is 0 Å². The maximum atomic E-state index is 9.96. The molecule has 0 radical (unpaired) electrons. The molecule has 3 atom stereocenters. The zero-order chi connectivity index (χ0) is 11.4. The van der Waals surface area contributed by atoms with Gasteiger partial charge < -0.3 is 15.2 Å². The Hall–Kier alpha value is -0.420. The number of ether oxygens (including phenoxy) is 1. The van der Waals surface area contributed by atoms with Crippen LogP contribution in [0.3, 0.4) is 0 Å². The van der Waals surface area contributed by atoms with Crippen molar-refractivity contribution in [1.29, 1.82) is 0 Å². The number of aliphatic hydroxyl groups is 1. The molecule has 2 N–H and O–H groups in total. The van der Waals surface area contributed by atoms with E-state index in [9.17, 15) is 5.11 Å². The number of aliphatic hydroxyl groups excluding tert-OH is 1. The number of rotatable bonds is 5. The number of hydrogen-bond acceptors (Lipinski definition) is 4. The van der Waals surface area contributed by atoms with Crippen molar-refractivity contribution in [3.63, 3.8) is 0 Å². The van der Waals surface area contributed by atoms with Crippen LogP contribution >= 0.6 is 11.3 Å². The zero-order valence-corrected chi connectivity index (χ0v) is 10.4. The number of thiophene rings is 1. The van der Waals surface area contributed by atoms with E-state index in [1.54, 1.807) is 11.3 Å². The van der Waals surface area contributed by atoms with Gasteiger partial charge in [0.05, 0.1) is 12.7 Å². The monoisotopic (exact) mass is 241 g/mol. The van der Waals surface area contributed by atoms with Crippen LogP contribution in [-0.2, 0) is 4.74 Å². The van der Waals surface area contributed by atoms with Crippen molar-refractivity contribution in [2.45, 2.75) is 25.5 Å². The molecule has 0 saturated carbocycles. The SMILES string of the molecule is CC(NCC(O)C1CCOC1)c1ccsc1. The first-order chi connectivity index (χ1) is 7.77. The molecule has 3 unspecified atom stereocenters.